The van der Waals surface area contributed by atoms with Crippen LogP contribution in [0.3, 0.4) is 0 Å². The molecule has 0 N–H and O–H groups in total. The Hall–Kier alpha value is -9.96. The van der Waals surface area contributed by atoms with Crippen LogP contribution in [0.15, 0.2) is 283 Å². The summed E-state index contributed by atoms with van der Waals surface area (Å²) in [5, 5.41) is 4.74. The van der Waals surface area contributed by atoms with Gasteiger partial charge in [-0.05, 0) is 178 Å². The van der Waals surface area contributed by atoms with Gasteiger partial charge < -0.3 is 13.9 Å². The number of benzene rings is 12. The first-order valence-electron chi connectivity index (χ1n) is 27.0. The van der Waals surface area contributed by atoms with Crippen LogP contribution in [0.4, 0.5) is 17.1 Å². The third-order valence-electron chi connectivity index (χ3n) is 16.4. The van der Waals surface area contributed by atoms with Gasteiger partial charge in [0.15, 0.2) is 0 Å². The summed E-state index contributed by atoms with van der Waals surface area (Å²) < 4.78 is 8.91. The van der Waals surface area contributed by atoms with Crippen LogP contribution < -0.4 is 4.90 Å². The molecule has 368 valence electrons. The van der Waals surface area contributed by atoms with Crippen LogP contribution >= 0.6 is 0 Å². The lowest BCUT2D eigenvalue weighted by molar-refractivity contribution is 0.669. The molecule has 0 aliphatic heterocycles. The third kappa shape index (κ3) is 7.27. The maximum absolute atomic E-state index is 6.43. The Labute approximate surface area is 454 Å². The molecule has 2 heterocycles. The van der Waals surface area contributed by atoms with E-state index in [2.05, 4.69) is 302 Å². The highest BCUT2D eigenvalue weighted by Gasteiger charge is 2.47. The van der Waals surface area contributed by atoms with Gasteiger partial charge in [0, 0.05) is 44.3 Å². The van der Waals surface area contributed by atoms with Gasteiger partial charge in [-0.3, -0.25) is 0 Å². The molecule has 14 aromatic rings. The largest absolute Gasteiger partial charge is 0.456 e. The summed E-state index contributed by atoms with van der Waals surface area (Å²) in [7, 11) is 0. The molecule has 0 saturated carbocycles. The fraction of sp³-hybridized carbons (Fsp3) is 0.0400. The molecule has 78 heavy (non-hydrogen) atoms. The van der Waals surface area contributed by atoms with E-state index in [0.29, 0.717) is 0 Å². The van der Waals surface area contributed by atoms with Gasteiger partial charge in [-0.1, -0.05) is 193 Å². The van der Waals surface area contributed by atoms with E-state index in [1.807, 2.05) is 0 Å². The highest BCUT2D eigenvalue weighted by molar-refractivity contribution is 6.11. The van der Waals surface area contributed by atoms with Crippen LogP contribution in [-0.4, -0.2) is 4.57 Å². The highest BCUT2D eigenvalue weighted by Crippen LogP contribution is 2.58. The van der Waals surface area contributed by atoms with Gasteiger partial charge in [0.1, 0.15) is 11.2 Å². The van der Waals surface area contributed by atoms with Gasteiger partial charge >= 0.3 is 0 Å². The summed E-state index contributed by atoms with van der Waals surface area (Å²) in [6.07, 6.45) is 0. The quantitative estimate of drug-likeness (QED) is 0.144. The first-order chi connectivity index (χ1) is 38.5. The van der Waals surface area contributed by atoms with E-state index in [9.17, 15) is 0 Å². The second-order valence-electron chi connectivity index (χ2n) is 21.0. The van der Waals surface area contributed by atoms with E-state index >= 15 is 0 Å². The molecule has 12 aromatic carbocycles. The molecule has 2 aromatic heterocycles. The lowest BCUT2D eigenvalue weighted by atomic mass is 9.67. The van der Waals surface area contributed by atoms with Crippen molar-refractivity contribution < 1.29 is 4.42 Å². The Kier molecular flexibility index (Phi) is 10.6. The van der Waals surface area contributed by atoms with Crippen molar-refractivity contribution >= 4 is 60.8 Å². The predicted octanol–water partition coefficient (Wildman–Crippen LogP) is 20.1. The number of anilines is 3. The van der Waals surface area contributed by atoms with Crippen LogP contribution in [0.5, 0.6) is 0 Å². The summed E-state index contributed by atoms with van der Waals surface area (Å²) in [5.41, 5.74) is 24.7. The summed E-state index contributed by atoms with van der Waals surface area (Å²) >= 11 is 0. The van der Waals surface area contributed by atoms with Crippen LogP contribution in [0.25, 0.3) is 93.9 Å². The minimum atomic E-state index is -0.671. The Morgan fingerprint density at radius 1 is 0.321 bits per heavy atom. The van der Waals surface area contributed by atoms with Crippen molar-refractivity contribution in [1.82, 2.24) is 4.57 Å². The van der Waals surface area contributed by atoms with E-state index in [4.69, 9.17) is 4.42 Å². The predicted molar refractivity (Wildman–Crippen MR) is 326 cm³/mol. The first-order valence-corrected chi connectivity index (χ1v) is 27.0. The normalized spacial score (nSPS) is 12.6. The minimum absolute atomic E-state index is 0.671. The van der Waals surface area contributed by atoms with Crippen LogP contribution in [0.1, 0.15) is 33.4 Å². The van der Waals surface area contributed by atoms with Gasteiger partial charge in [0.25, 0.3) is 0 Å². The highest BCUT2D eigenvalue weighted by atomic mass is 16.3. The molecule has 0 atom stereocenters. The van der Waals surface area contributed by atoms with Gasteiger partial charge in [-0.2, -0.15) is 0 Å². The smallest absolute Gasteiger partial charge is 0.136 e. The molecule has 15 rings (SSSR count). The standard InChI is InChI=1S/C75H52N2O/c1-49-23-40-71-66(43-49)67-45-55(56-29-37-65-68-44-50(2)24-42-73(68)78-74(65)46-56)30-41-72(67)77(71)62-36-39-64-63-38-35-61(47-69(63)75(70(64)48-62,57-19-11-5-12-20-57)58-21-13-6-14-22-58)76(59-31-25-53(26-32-59)51-15-7-3-8-16-51)60-33-27-54(28-34-60)52-17-9-4-10-18-52/h3-48H,1-2H3. The Bertz CT molecular complexity index is 4470. The Balaban J connectivity index is 0.915. The summed E-state index contributed by atoms with van der Waals surface area (Å²) in [5.74, 6) is 0. The van der Waals surface area contributed by atoms with Crippen molar-refractivity contribution in [2.75, 3.05) is 4.90 Å². The molecule has 0 bridgehead atoms. The fourth-order valence-corrected chi connectivity index (χ4v) is 12.7. The fourth-order valence-electron chi connectivity index (χ4n) is 12.7. The molecule has 3 heteroatoms. The van der Waals surface area contributed by atoms with Crippen molar-refractivity contribution in [3.05, 3.63) is 312 Å². The van der Waals surface area contributed by atoms with Crippen molar-refractivity contribution in [3.63, 3.8) is 0 Å². The van der Waals surface area contributed by atoms with Gasteiger partial charge in [-0.15, -0.1) is 0 Å². The molecule has 0 unspecified atom stereocenters. The molecular formula is C75H52N2O. The monoisotopic (exact) mass is 996 g/mol. The molecule has 3 nitrogen and oxygen atoms in total. The van der Waals surface area contributed by atoms with Crippen LogP contribution in [0, 0.1) is 13.8 Å². The molecule has 0 spiro atoms. The maximum Gasteiger partial charge on any atom is 0.136 e. The number of furan rings is 1. The van der Waals surface area contributed by atoms with E-state index < -0.39 is 5.41 Å². The zero-order valence-corrected chi connectivity index (χ0v) is 43.4. The molecule has 1 aliphatic carbocycles. The average Bonchev–Trinajstić information content (AvgIpc) is 4.23. The second-order valence-corrected chi connectivity index (χ2v) is 21.0. The van der Waals surface area contributed by atoms with Crippen molar-refractivity contribution in [3.8, 4) is 50.2 Å². The maximum atomic E-state index is 6.43. The zero-order valence-electron chi connectivity index (χ0n) is 43.4. The SMILES string of the molecule is Cc1ccc2oc3cc(-c4ccc5c(c4)c4cc(C)ccc4n5-c4ccc5c(c4)C(c4ccccc4)(c4ccccc4)c4cc(N(c6ccc(-c7ccccc7)cc6)c6ccc(-c7ccccc7)cc6)ccc4-5)ccc3c2c1. The molecule has 0 saturated heterocycles. The summed E-state index contributed by atoms with van der Waals surface area (Å²) in [4.78, 5) is 2.42. The van der Waals surface area contributed by atoms with Crippen molar-refractivity contribution in [2.45, 2.75) is 19.3 Å². The Morgan fingerprint density at radius 3 is 1.40 bits per heavy atom. The first kappa shape index (κ1) is 45.4. The lowest BCUT2D eigenvalue weighted by Crippen LogP contribution is -2.29. The van der Waals surface area contributed by atoms with Crippen molar-refractivity contribution in [2.24, 2.45) is 0 Å². The average molecular weight is 997 g/mol. The molecular weight excluding hydrogens is 945 g/mol. The zero-order chi connectivity index (χ0) is 51.9. The Morgan fingerprint density at radius 2 is 0.782 bits per heavy atom. The minimum Gasteiger partial charge on any atom is -0.456 e. The number of fused-ring (bicyclic) bond motifs is 9. The van der Waals surface area contributed by atoms with Gasteiger partial charge in [0.05, 0.1) is 16.4 Å². The molecule has 0 radical (unpaired) electrons. The number of aryl methyl sites for hydroxylation is 2. The second kappa shape index (κ2) is 18.1. The molecule has 0 fully saturated rings. The van der Waals surface area contributed by atoms with Crippen LogP contribution in [0.2, 0.25) is 0 Å². The van der Waals surface area contributed by atoms with Gasteiger partial charge in [-0.25, -0.2) is 0 Å². The van der Waals surface area contributed by atoms with E-state index in [1.165, 1.54) is 83.1 Å². The van der Waals surface area contributed by atoms with Crippen LogP contribution in [-0.2, 0) is 5.41 Å². The number of hydrogen-bond donors (Lipinski definition) is 0. The van der Waals surface area contributed by atoms with E-state index in [0.717, 1.165) is 61.3 Å². The number of rotatable bonds is 9. The van der Waals surface area contributed by atoms with E-state index in [-0.39, 0.29) is 0 Å². The number of hydrogen-bond acceptors (Lipinski definition) is 2. The number of nitrogens with zero attached hydrogens (tertiary/aromatic N) is 2. The van der Waals surface area contributed by atoms with Gasteiger partial charge in [0.2, 0.25) is 0 Å². The summed E-state index contributed by atoms with van der Waals surface area (Å²) in [6.45, 7) is 4.33. The molecule has 0 amide bonds. The van der Waals surface area contributed by atoms with Crippen molar-refractivity contribution in [1.29, 1.82) is 0 Å². The molecule has 1 aliphatic rings. The third-order valence-corrected chi connectivity index (χ3v) is 16.4. The topological polar surface area (TPSA) is 21.3 Å². The number of aromatic nitrogens is 1. The van der Waals surface area contributed by atoms with E-state index in [1.54, 1.807) is 0 Å². The summed E-state index contributed by atoms with van der Waals surface area (Å²) in [6, 6.07) is 103. The lowest BCUT2D eigenvalue weighted by Gasteiger charge is -2.35.